The zero-order valence-electron chi connectivity index (χ0n) is 17.2. The molecule has 6 nitrogen and oxygen atoms in total. The van der Waals surface area contributed by atoms with Crippen LogP contribution in [0.2, 0.25) is 5.02 Å². The molecule has 0 bridgehead atoms. The topological polar surface area (TPSA) is 71.3 Å². The molecule has 0 aliphatic carbocycles. The minimum Gasteiger partial charge on any atom is -0.334 e. The van der Waals surface area contributed by atoms with Crippen LogP contribution in [-0.4, -0.2) is 16.2 Å². The maximum absolute atomic E-state index is 13.2. The Bertz CT molecular complexity index is 1300. The summed E-state index contributed by atoms with van der Waals surface area (Å²) in [5, 5.41) is 7.81. The third-order valence-corrected chi connectivity index (χ3v) is 5.61. The Morgan fingerprint density at radius 3 is 2.41 bits per heavy atom. The molecule has 1 aliphatic heterocycles. The highest BCUT2D eigenvalue weighted by Crippen LogP contribution is 2.39. The Labute approximate surface area is 190 Å². The van der Waals surface area contributed by atoms with Crippen molar-refractivity contribution in [2.24, 2.45) is 0 Å². The van der Waals surface area contributed by atoms with Gasteiger partial charge in [-0.25, -0.2) is 4.79 Å². The third-order valence-electron chi connectivity index (χ3n) is 5.37. The van der Waals surface area contributed by atoms with E-state index in [1.807, 2.05) is 73.7 Å². The fraction of sp³-hybridized carbons (Fsp3) is 0.0800. The highest BCUT2D eigenvalue weighted by molar-refractivity contribution is 6.31. The number of anilines is 1. The Morgan fingerprint density at radius 2 is 1.69 bits per heavy atom. The second-order valence-electron chi connectivity index (χ2n) is 7.40. The highest BCUT2D eigenvalue weighted by atomic mass is 35.5. The zero-order chi connectivity index (χ0) is 22.1. The van der Waals surface area contributed by atoms with Crippen molar-refractivity contribution in [1.29, 1.82) is 0 Å². The first kappa shape index (κ1) is 20.0. The first-order valence-electron chi connectivity index (χ1n) is 10.1. The van der Waals surface area contributed by atoms with E-state index < -0.39 is 6.04 Å². The molecule has 2 heterocycles. The number of allylic oxidation sites excluding steroid dienone is 1. The largest absolute Gasteiger partial charge is 0.334 e. The Balaban J connectivity index is 1.67. The van der Waals surface area contributed by atoms with E-state index in [1.165, 1.54) is 0 Å². The lowest BCUT2D eigenvalue weighted by molar-refractivity contribution is 0.244. The predicted octanol–water partition coefficient (Wildman–Crippen LogP) is 6.09. The molecule has 2 amide bonds. The second kappa shape index (κ2) is 8.32. The van der Waals surface area contributed by atoms with Crippen LogP contribution in [0.25, 0.3) is 17.0 Å². The van der Waals surface area contributed by atoms with E-state index in [4.69, 9.17) is 16.1 Å². The Kier molecular flexibility index (Phi) is 5.21. The van der Waals surface area contributed by atoms with Crippen molar-refractivity contribution < 1.29 is 9.32 Å². The van der Waals surface area contributed by atoms with E-state index in [2.05, 4.69) is 15.5 Å². The first-order valence-corrected chi connectivity index (χ1v) is 10.5. The van der Waals surface area contributed by atoms with Crippen molar-refractivity contribution in [2.45, 2.75) is 13.0 Å². The Morgan fingerprint density at radius 1 is 0.969 bits per heavy atom. The molecule has 0 saturated heterocycles. The van der Waals surface area contributed by atoms with Gasteiger partial charge in [0.05, 0.1) is 17.3 Å². The van der Waals surface area contributed by atoms with Crippen molar-refractivity contribution in [3.05, 3.63) is 107 Å². The molecule has 0 fully saturated rings. The van der Waals surface area contributed by atoms with Crippen LogP contribution in [0.15, 0.2) is 95.1 Å². The van der Waals surface area contributed by atoms with Crippen molar-refractivity contribution in [1.82, 2.24) is 15.5 Å². The van der Waals surface area contributed by atoms with E-state index in [1.54, 1.807) is 23.1 Å². The summed E-state index contributed by atoms with van der Waals surface area (Å²) < 4.78 is 5.70. The van der Waals surface area contributed by atoms with Crippen LogP contribution in [0.1, 0.15) is 24.4 Å². The molecule has 1 aliphatic rings. The molecule has 0 saturated carbocycles. The van der Waals surface area contributed by atoms with E-state index >= 15 is 0 Å². The number of amides is 2. The number of nitrogens with zero attached hydrogens (tertiary/aromatic N) is 3. The van der Waals surface area contributed by atoms with Crippen LogP contribution in [0, 0.1) is 0 Å². The van der Waals surface area contributed by atoms with Crippen molar-refractivity contribution in [3.8, 4) is 11.4 Å². The highest BCUT2D eigenvalue weighted by Gasteiger charge is 2.36. The molecule has 1 N–H and O–H groups in total. The van der Waals surface area contributed by atoms with E-state index in [0.29, 0.717) is 28.1 Å². The number of hydrogen-bond acceptors (Lipinski definition) is 4. The van der Waals surface area contributed by atoms with Gasteiger partial charge < -0.3 is 9.84 Å². The minimum atomic E-state index is -0.441. The maximum atomic E-state index is 13.2. The molecular weight excluding hydrogens is 424 g/mol. The van der Waals surface area contributed by atoms with Crippen LogP contribution in [0.4, 0.5) is 10.5 Å². The van der Waals surface area contributed by atoms with Crippen LogP contribution in [0.3, 0.4) is 0 Å². The maximum Gasteiger partial charge on any atom is 0.326 e. The summed E-state index contributed by atoms with van der Waals surface area (Å²) >= 11 is 6.19. The normalized spacial score (nSPS) is 16.2. The summed E-state index contributed by atoms with van der Waals surface area (Å²) in [4.78, 5) is 19.4. The number of nitrogens with one attached hydrogen (secondary N) is 1. The van der Waals surface area contributed by atoms with Gasteiger partial charge in [-0.05, 0) is 30.7 Å². The summed E-state index contributed by atoms with van der Waals surface area (Å²) in [5.74, 6) is 0.834. The summed E-state index contributed by atoms with van der Waals surface area (Å²) in [7, 11) is 0. The summed E-state index contributed by atoms with van der Waals surface area (Å²) in [6.45, 7) is 1.87. The van der Waals surface area contributed by atoms with Crippen molar-refractivity contribution >= 4 is 28.9 Å². The molecule has 158 valence electrons. The van der Waals surface area contributed by atoms with Crippen LogP contribution < -0.4 is 10.2 Å². The minimum absolute atomic E-state index is 0.259. The average Bonchev–Trinajstić information content (AvgIpc) is 3.30. The molecular formula is C25H19ClN4O2. The molecule has 0 radical (unpaired) electrons. The van der Waals surface area contributed by atoms with Crippen LogP contribution in [0.5, 0.6) is 0 Å². The van der Waals surface area contributed by atoms with Gasteiger partial charge in [0.1, 0.15) is 0 Å². The summed E-state index contributed by atoms with van der Waals surface area (Å²) in [6.07, 6.45) is 0. The van der Waals surface area contributed by atoms with Gasteiger partial charge in [-0.15, -0.1) is 0 Å². The molecule has 5 rings (SSSR count). The van der Waals surface area contributed by atoms with E-state index in [-0.39, 0.29) is 6.03 Å². The monoisotopic (exact) mass is 442 g/mol. The fourth-order valence-electron chi connectivity index (χ4n) is 3.88. The quantitative estimate of drug-likeness (QED) is 0.415. The lowest BCUT2D eigenvalue weighted by atomic mass is 9.94. The van der Waals surface area contributed by atoms with Gasteiger partial charge in [0, 0.05) is 16.3 Å². The predicted molar refractivity (Wildman–Crippen MR) is 124 cm³/mol. The fourth-order valence-corrected chi connectivity index (χ4v) is 4.06. The van der Waals surface area contributed by atoms with E-state index in [0.717, 1.165) is 16.7 Å². The molecule has 32 heavy (non-hydrogen) atoms. The summed E-state index contributed by atoms with van der Waals surface area (Å²) in [6, 6.07) is 25.8. The molecule has 1 unspecified atom stereocenters. The van der Waals surface area contributed by atoms with E-state index in [9.17, 15) is 4.79 Å². The average molecular weight is 443 g/mol. The Hall–Kier alpha value is -3.90. The van der Waals surface area contributed by atoms with Gasteiger partial charge >= 0.3 is 6.03 Å². The van der Waals surface area contributed by atoms with Crippen molar-refractivity contribution in [3.63, 3.8) is 0 Å². The number of benzene rings is 3. The number of rotatable bonds is 4. The molecule has 1 aromatic heterocycles. The number of urea groups is 1. The van der Waals surface area contributed by atoms with Crippen molar-refractivity contribution in [2.75, 3.05) is 4.90 Å². The standard InChI is InChI=1S/C25H19ClN4O2/c1-16-21(24-28-23(29-32-24)18-11-6-3-7-12-18)22(17-9-4-2-5-10-17)27-25(31)30(16)20-14-8-13-19(26)15-20/h2-15,22H,1H3,(H,27,31). The SMILES string of the molecule is CC1=C(c2nc(-c3ccccc3)no2)C(c2ccccc2)NC(=O)N1c1cccc(Cl)c1. The van der Waals surface area contributed by atoms with Crippen LogP contribution >= 0.6 is 11.6 Å². The van der Waals surface area contributed by atoms with Gasteiger partial charge in [0.25, 0.3) is 5.89 Å². The number of carbonyl (C=O) groups is 1. The van der Waals surface area contributed by atoms with Gasteiger partial charge in [-0.1, -0.05) is 83.5 Å². The molecule has 4 aromatic rings. The smallest absolute Gasteiger partial charge is 0.326 e. The number of hydrogen-bond donors (Lipinski definition) is 1. The molecule has 0 spiro atoms. The molecule has 7 heteroatoms. The number of carbonyl (C=O) groups excluding carboxylic acids is 1. The zero-order valence-corrected chi connectivity index (χ0v) is 18.0. The van der Waals surface area contributed by atoms with Gasteiger partial charge in [0.15, 0.2) is 0 Å². The third kappa shape index (κ3) is 3.65. The lowest BCUT2D eigenvalue weighted by Crippen LogP contribution is -2.46. The second-order valence-corrected chi connectivity index (χ2v) is 7.83. The molecule has 1 atom stereocenters. The van der Waals surface area contributed by atoms with Gasteiger partial charge in [0.2, 0.25) is 5.82 Å². The summed E-state index contributed by atoms with van der Waals surface area (Å²) in [5.41, 5.74) is 3.84. The molecule has 3 aromatic carbocycles. The number of halogens is 1. The van der Waals surface area contributed by atoms with Crippen LogP contribution in [-0.2, 0) is 0 Å². The number of aromatic nitrogens is 2. The first-order chi connectivity index (χ1) is 15.6. The van der Waals surface area contributed by atoms with Gasteiger partial charge in [-0.3, -0.25) is 4.90 Å². The van der Waals surface area contributed by atoms with Gasteiger partial charge in [-0.2, -0.15) is 4.98 Å². The lowest BCUT2D eigenvalue weighted by Gasteiger charge is -2.35.